The van der Waals surface area contributed by atoms with Crippen molar-refractivity contribution < 1.29 is 4.79 Å². The van der Waals surface area contributed by atoms with Crippen molar-refractivity contribution in [1.29, 1.82) is 0 Å². The number of benzene rings is 1. The van der Waals surface area contributed by atoms with E-state index < -0.39 is 0 Å². The number of rotatable bonds is 2. The standard InChI is InChI=1S/C11H8BrClN4O/c12-9-4-16-10(5-15-9)17-11(18)6-1-2-7(13)8(14)3-6/h1-5H,14H2,(H,16,17,18). The summed E-state index contributed by atoms with van der Waals surface area (Å²) in [6, 6.07) is 4.66. The maximum atomic E-state index is 11.9. The Labute approximate surface area is 117 Å². The van der Waals surface area contributed by atoms with Crippen LogP contribution in [-0.2, 0) is 0 Å². The second kappa shape index (κ2) is 5.32. The predicted octanol–water partition coefficient (Wildman–Crippen LogP) is 2.73. The summed E-state index contributed by atoms with van der Waals surface area (Å²) in [6.07, 6.45) is 2.94. The van der Waals surface area contributed by atoms with E-state index >= 15 is 0 Å². The molecule has 0 saturated carbocycles. The highest BCUT2D eigenvalue weighted by Gasteiger charge is 2.08. The molecule has 2 aromatic rings. The minimum atomic E-state index is -0.324. The number of carbonyl (C=O) groups is 1. The molecule has 1 aromatic heterocycles. The fourth-order valence-corrected chi connectivity index (χ4v) is 1.57. The monoisotopic (exact) mass is 326 g/mol. The average molecular weight is 328 g/mol. The van der Waals surface area contributed by atoms with Crippen molar-refractivity contribution in [2.24, 2.45) is 0 Å². The van der Waals surface area contributed by atoms with E-state index in [1.165, 1.54) is 18.5 Å². The summed E-state index contributed by atoms with van der Waals surface area (Å²) in [7, 11) is 0. The average Bonchev–Trinajstić information content (AvgIpc) is 2.35. The maximum absolute atomic E-state index is 11.9. The molecule has 1 heterocycles. The van der Waals surface area contributed by atoms with Gasteiger partial charge in [0, 0.05) is 5.56 Å². The van der Waals surface area contributed by atoms with Crippen LogP contribution in [0.5, 0.6) is 0 Å². The Kier molecular flexibility index (Phi) is 3.78. The largest absolute Gasteiger partial charge is 0.398 e. The van der Waals surface area contributed by atoms with Gasteiger partial charge in [-0.2, -0.15) is 0 Å². The normalized spacial score (nSPS) is 10.1. The first-order chi connectivity index (χ1) is 8.56. The number of nitrogens with two attached hydrogens (primary N) is 1. The minimum Gasteiger partial charge on any atom is -0.398 e. The number of nitrogens with one attached hydrogen (secondary N) is 1. The molecule has 92 valence electrons. The van der Waals surface area contributed by atoms with Crippen molar-refractivity contribution >= 4 is 44.9 Å². The summed E-state index contributed by atoms with van der Waals surface area (Å²) in [6.45, 7) is 0. The van der Waals surface area contributed by atoms with Gasteiger partial charge in [-0.05, 0) is 34.1 Å². The number of hydrogen-bond donors (Lipinski definition) is 2. The van der Waals surface area contributed by atoms with Crippen LogP contribution in [-0.4, -0.2) is 15.9 Å². The number of carbonyl (C=O) groups excluding carboxylic acids is 1. The third kappa shape index (κ3) is 2.96. The summed E-state index contributed by atoms with van der Waals surface area (Å²) < 4.78 is 0.594. The molecule has 2 rings (SSSR count). The van der Waals surface area contributed by atoms with Gasteiger partial charge in [0.2, 0.25) is 0 Å². The third-order valence-corrected chi connectivity index (χ3v) is 2.87. The van der Waals surface area contributed by atoms with Crippen molar-refractivity contribution in [2.75, 3.05) is 11.1 Å². The Balaban J connectivity index is 2.16. The first kappa shape index (κ1) is 12.8. The van der Waals surface area contributed by atoms with E-state index in [9.17, 15) is 4.79 Å². The molecule has 0 unspecified atom stereocenters. The first-order valence-electron chi connectivity index (χ1n) is 4.90. The molecule has 5 nitrogen and oxygen atoms in total. The minimum absolute atomic E-state index is 0.324. The number of aromatic nitrogens is 2. The lowest BCUT2D eigenvalue weighted by Gasteiger charge is -2.05. The van der Waals surface area contributed by atoms with E-state index in [-0.39, 0.29) is 5.91 Å². The van der Waals surface area contributed by atoms with E-state index in [0.717, 1.165) is 0 Å². The molecule has 3 N–H and O–H groups in total. The molecule has 7 heteroatoms. The van der Waals surface area contributed by atoms with Gasteiger partial charge in [0.15, 0.2) is 5.82 Å². The van der Waals surface area contributed by atoms with E-state index in [1.54, 1.807) is 12.1 Å². The molecule has 1 amide bonds. The number of hydrogen-bond acceptors (Lipinski definition) is 4. The Bertz CT molecular complexity index is 588. The van der Waals surface area contributed by atoms with Gasteiger partial charge in [-0.1, -0.05) is 11.6 Å². The molecular formula is C11H8BrClN4O. The van der Waals surface area contributed by atoms with Crippen LogP contribution in [0.2, 0.25) is 5.02 Å². The Hall–Kier alpha value is -1.66. The lowest BCUT2D eigenvalue weighted by molar-refractivity contribution is 0.102. The summed E-state index contributed by atoms with van der Waals surface area (Å²) in [5, 5.41) is 3.01. The van der Waals surface area contributed by atoms with Gasteiger partial charge in [-0.25, -0.2) is 9.97 Å². The molecule has 0 aliphatic heterocycles. The first-order valence-corrected chi connectivity index (χ1v) is 6.07. The third-order valence-electron chi connectivity index (χ3n) is 2.12. The molecule has 0 bridgehead atoms. The molecule has 18 heavy (non-hydrogen) atoms. The number of nitrogens with zero attached hydrogens (tertiary/aromatic N) is 2. The second-order valence-corrected chi connectivity index (χ2v) is 4.63. The van der Waals surface area contributed by atoms with Crippen LogP contribution >= 0.6 is 27.5 Å². The van der Waals surface area contributed by atoms with Gasteiger partial charge >= 0.3 is 0 Å². The molecule has 0 atom stereocenters. The Morgan fingerprint density at radius 3 is 2.72 bits per heavy atom. The summed E-state index contributed by atoms with van der Waals surface area (Å²) in [5.74, 6) is 0.0340. The predicted molar refractivity (Wildman–Crippen MR) is 73.5 cm³/mol. The van der Waals surface area contributed by atoms with E-state index in [0.29, 0.717) is 26.7 Å². The second-order valence-electron chi connectivity index (χ2n) is 3.41. The van der Waals surface area contributed by atoms with Crippen molar-refractivity contribution in [3.05, 3.63) is 45.8 Å². The van der Waals surface area contributed by atoms with Gasteiger partial charge in [0.25, 0.3) is 5.91 Å². The molecule has 0 saturated heterocycles. The molecule has 0 radical (unpaired) electrons. The molecule has 0 fully saturated rings. The SMILES string of the molecule is Nc1cc(C(=O)Nc2cnc(Br)cn2)ccc1Cl. The summed E-state index contributed by atoms with van der Waals surface area (Å²) in [4.78, 5) is 19.8. The van der Waals surface area contributed by atoms with Gasteiger partial charge < -0.3 is 11.1 Å². The van der Waals surface area contributed by atoms with Crippen LogP contribution in [0, 0.1) is 0 Å². The molecule has 0 spiro atoms. The quantitative estimate of drug-likeness (QED) is 0.831. The van der Waals surface area contributed by atoms with Crippen LogP contribution in [0.25, 0.3) is 0 Å². The molecule has 1 aromatic carbocycles. The zero-order valence-electron chi connectivity index (χ0n) is 9.02. The van der Waals surface area contributed by atoms with Crippen molar-refractivity contribution in [2.45, 2.75) is 0 Å². The summed E-state index contributed by atoms with van der Waals surface area (Å²) >= 11 is 8.94. The van der Waals surface area contributed by atoms with Crippen LogP contribution in [0.4, 0.5) is 11.5 Å². The van der Waals surface area contributed by atoms with Crippen LogP contribution < -0.4 is 11.1 Å². The Morgan fingerprint density at radius 2 is 2.11 bits per heavy atom. The van der Waals surface area contributed by atoms with Gasteiger partial charge in [0.1, 0.15) is 4.60 Å². The van der Waals surface area contributed by atoms with Crippen molar-refractivity contribution in [3.63, 3.8) is 0 Å². The number of anilines is 2. The van der Waals surface area contributed by atoms with E-state index in [1.807, 2.05) is 0 Å². The topological polar surface area (TPSA) is 80.9 Å². The molecular weight excluding hydrogens is 320 g/mol. The lowest BCUT2D eigenvalue weighted by Crippen LogP contribution is -2.13. The zero-order chi connectivity index (χ0) is 13.1. The van der Waals surface area contributed by atoms with E-state index in [4.69, 9.17) is 17.3 Å². The van der Waals surface area contributed by atoms with Crippen molar-refractivity contribution in [1.82, 2.24) is 9.97 Å². The highest BCUT2D eigenvalue weighted by atomic mass is 79.9. The highest BCUT2D eigenvalue weighted by Crippen LogP contribution is 2.20. The van der Waals surface area contributed by atoms with Crippen LogP contribution in [0.15, 0.2) is 35.2 Å². The van der Waals surface area contributed by atoms with Crippen LogP contribution in [0.1, 0.15) is 10.4 Å². The summed E-state index contributed by atoms with van der Waals surface area (Å²) in [5.41, 5.74) is 6.38. The van der Waals surface area contributed by atoms with Gasteiger partial charge in [-0.15, -0.1) is 0 Å². The number of nitrogen functional groups attached to an aromatic ring is 1. The van der Waals surface area contributed by atoms with Crippen molar-refractivity contribution in [3.8, 4) is 0 Å². The van der Waals surface area contributed by atoms with Gasteiger partial charge in [-0.3, -0.25) is 4.79 Å². The lowest BCUT2D eigenvalue weighted by atomic mass is 10.2. The molecule has 0 aliphatic rings. The smallest absolute Gasteiger partial charge is 0.256 e. The fraction of sp³-hybridized carbons (Fsp3) is 0. The molecule has 0 aliphatic carbocycles. The van der Waals surface area contributed by atoms with Gasteiger partial charge in [0.05, 0.1) is 23.1 Å². The Morgan fingerprint density at radius 1 is 1.33 bits per heavy atom. The maximum Gasteiger partial charge on any atom is 0.256 e. The highest BCUT2D eigenvalue weighted by molar-refractivity contribution is 9.10. The zero-order valence-corrected chi connectivity index (χ0v) is 11.4. The number of halogens is 2. The van der Waals surface area contributed by atoms with Crippen LogP contribution in [0.3, 0.4) is 0 Å². The van der Waals surface area contributed by atoms with E-state index in [2.05, 4.69) is 31.2 Å². The fourth-order valence-electron chi connectivity index (χ4n) is 1.25. The number of amides is 1.